The SMILES string of the molecule is CCN(CCOc1ccc(OC)cc1)c1ccc(N=Nc2ccc([N+](=O)[O-])cc2)cc1. The number of non-ortho nitro benzene ring substituents is 1. The summed E-state index contributed by atoms with van der Waals surface area (Å²) in [6.07, 6.45) is 0. The molecular weight excluding hydrogens is 396 g/mol. The van der Waals surface area contributed by atoms with Crippen molar-refractivity contribution in [1.29, 1.82) is 0 Å². The number of rotatable bonds is 10. The summed E-state index contributed by atoms with van der Waals surface area (Å²) in [5, 5.41) is 19.0. The number of hydrogen-bond acceptors (Lipinski definition) is 7. The number of hydrogen-bond donors (Lipinski definition) is 0. The number of methoxy groups -OCH3 is 1. The van der Waals surface area contributed by atoms with Crippen LogP contribution >= 0.6 is 0 Å². The Bertz CT molecular complexity index is 1000. The summed E-state index contributed by atoms with van der Waals surface area (Å²) in [5.41, 5.74) is 2.35. The minimum Gasteiger partial charge on any atom is -0.497 e. The first-order valence-electron chi connectivity index (χ1n) is 9.87. The van der Waals surface area contributed by atoms with Crippen LogP contribution < -0.4 is 14.4 Å². The molecule has 8 nitrogen and oxygen atoms in total. The quantitative estimate of drug-likeness (QED) is 0.231. The Hall–Kier alpha value is -3.94. The van der Waals surface area contributed by atoms with E-state index in [1.165, 1.54) is 12.1 Å². The Morgan fingerprint density at radius 1 is 0.871 bits per heavy atom. The first-order valence-corrected chi connectivity index (χ1v) is 9.87. The van der Waals surface area contributed by atoms with Crippen LogP contribution in [0.4, 0.5) is 22.7 Å². The van der Waals surface area contributed by atoms with Crippen molar-refractivity contribution in [1.82, 2.24) is 0 Å². The van der Waals surface area contributed by atoms with Crippen molar-refractivity contribution in [2.75, 3.05) is 31.7 Å². The van der Waals surface area contributed by atoms with Gasteiger partial charge in [0.25, 0.3) is 5.69 Å². The molecule has 0 aliphatic carbocycles. The molecule has 0 bridgehead atoms. The van der Waals surface area contributed by atoms with Crippen molar-refractivity contribution in [2.45, 2.75) is 6.92 Å². The summed E-state index contributed by atoms with van der Waals surface area (Å²) < 4.78 is 11.0. The molecule has 0 spiro atoms. The zero-order chi connectivity index (χ0) is 22.1. The van der Waals surface area contributed by atoms with Crippen molar-refractivity contribution in [3.05, 3.63) is 82.9 Å². The molecular formula is C23H24N4O4. The van der Waals surface area contributed by atoms with Crippen LogP contribution in [0, 0.1) is 10.1 Å². The fraction of sp³-hybridized carbons (Fsp3) is 0.217. The van der Waals surface area contributed by atoms with Gasteiger partial charge in [-0.15, -0.1) is 0 Å². The topological polar surface area (TPSA) is 89.6 Å². The lowest BCUT2D eigenvalue weighted by Gasteiger charge is -2.23. The maximum Gasteiger partial charge on any atom is 0.269 e. The molecule has 0 fully saturated rings. The van der Waals surface area contributed by atoms with Gasteiger partial charge in [-0.05, 0) is 67.6 Å². The van der Waals surface area contributed by atoms with Crippen LogP contribution in [0.3, 0.4) is 0 Å². The third-order valence-corrected chi connectivity index (χ3v) is 4.63. The molecule has 160 valence electrons. The molecule has 31 heavy (non-hydrogen) atoms. The standard InChI is InChI=1S/C23H24N4O4/c1-3-26(16-17-31-23-14-12-22(30-2)13-15-23)20-8-4-18(5-9-20)24-25-19-6-10-21(11-7-19)27(28)29/h4-15H,3,16-17H2,1-2H3. The van der Waals surface area contributed by atoms with Crippen molar-refractivity contribution in [3.8, 4) is 11.5 Å². The number of nitrogens with zero attached hydrogens (tertiary/aromatic N) is 4. The lowest BCUT2D eigenvalue weighted by molar-refractivity contribution is -0.384. The minimum absolute atomic E-state index is 0.0268. The largest absolute Gasteiger partial charge is 0.497 e. The van der Waals surface area contributed by atoms with Gasteiger partial charge in [0.1, 0.15) is 18.1 Å². The van der Waals surface area contributed by atoms with E-state index in [4.69, 9.17) is 9.47 Å². The third kappa shape index (κ3) is 6.27. The smallest absolute Gasteiger partial charge is 0.269 e. The van der Waals surface area contributed by atoms with E-state index in [1.807, 2.05) is 48.5 Å². The van der Waals surface area contributed by atoms with Crippen LogP contribution in [0.1, 0.15) is 6.92 Å². The van der Waals surface area contributed by atoms with E-state index in [2.05, 4.69) is 22.1 Å². The van der Waals surface area contributed by atoms with Gasteiger partial charge >= 0.3 is 0 Å². The summed E-state index contributed by atoms with van der Waals surface area (Å²) in [5.74, 6) is 1.60. The van der Waals surface area contributed by atoms with E-state index in [0.29, 0.717) is 18.0 Å². The number of azo groups is 1. The predicted molar refractivity (Wildman–Crippen MR) is 120 cm³/mol. The van der Waals surface area contributed by atoms with Gasteiger partial charge < -0.3 is 14.4 Å². The molecule has 0 aromatic heterocycles. The Kier molecular flexibility index (Phi) is 7.53. The van der Waals surface area contributed by atoms with Gasteiger partial charge in [-0.25, -0.2) is 0 Å². The highest BCUT2D eigenvalue weighted by Crippen LogP contribution is 2.24. The van der Waals surface area contributed by atoms with Gasteiger partial charge in [-0.1, -0.05) is 0 Å². The average Bonchev–Trinajstić information content (AvgIpc) is 2.81. The number of benzene rings is 3. The highest BCUT2D eigenvalue weighted by Gasteiger charge is 2.06. The Morgan fingerprint density at radius 2 is 1.42 bits per heavy atom. The Balaban J connectivity index is 1.54. The second kappa shape index (κ2) is 10.7. The monoisotopic (exact) mass is 420 g/mol. The Morgan fingerprint density at radius 3 is 1.94 bits per heavy atom. The summed E-state index contributed by atoms with van der Waals surface area (Å²) in [7, 11) is 1.64. The molecule has 0 unspecified atom stereocenters. The fourth-order valence-electron chi connectivity index (χ4n) is 2.90. The van der Waals surface area contributed by atoms with Gasteiger partial charge in [0.15, 0.2) is 0 Å². The van der Waals surface area contributed by atoms with E-state index < -0.39 is 4.92 Å². The molecule has 0 atom stereocenters. The maximum absolute atomic E-state index is 10.7. The van der Waals surface area contributed by atoms with Crippen molar-refractivity contribution >= 4 is 22.7 Å². The van der Waals surface area contributed by atoms with Crippen LogP contribution in [0.5, 0.6) is 11.5 Å². The van der Waals surface area contributed by atoms with Crippen LogP contribution in [-0.2, 0) is 0 Å². The van der Waals surface area contributed by atoms with Crippen molar-refractivity contribution in [3.63, 3.8) is 0 Å². The van der Waals surface area contributed by atoms with Gasteiger partial charge in [0.2, 0.25) is 0 Å². The average molecular weight is 420 g/mol. The molecule has 3 rings (SSSR count). The van der Waals surface area contributed by atoms with Crippen molar-refractivity contribution < 1.29 is 14.4 Å². The first kappa shape index (κ1) is 21.8. The molecule has 0 N–H and O–H groups in total. The third-order valence-electron chi connectivity index (χ3n) is 4.63. The number of nitro benzene ring substituents is 1. The van der Waals surface area contributed by atoms with E-state index >= 15 is 0 Å². The van der Waals surface area contributed by atoms with Crippen LogP contribution in [0.2, 0.25) is 0 Å². The molecule has 0 heterocycles. The molecule has 0 radical (unpaired) electrons. The van der Waals surface area contributed by atoms with E-state index in [1.54, 1.807) is 19.2 Å². The number of ether oxygens (including phenoxy) is 2. The summed E-state index contributed by atoms with van der Waals surface area (Å²) >= 11 is 0. The molecule has 3 aromatic rings. The zero-order valence-electron chi connectivity index (χ0n) is 17.5. The number of nitro groups is 1. The highest BCUT2D eigenvalue weighted by atomic mass is 16.6. The second-order valence-corrected chi connectivity index (χ2v) is 6.59. The number of anilines is 1. The lowest BCUT2D eigenvalue weighted by atomic mass is 10.2. The zero-order valence-corrected chi connectivity index (χ0v) is 17.5. The summed E-state index contributed by atoms with van der Waals surface area (Å²) in [4.78, 5) is 12.5. The van der Waals surface area contributed by atoms with E-state index in [0.717, 1.165) is 30.3 Å². The summed E-state index contributed by atoms with van der Waals surface area (Å²) in [6, 6.07) is 21.2. The van der Waals surface area contributed by atoms with Gasteiger partial charge in [-0.3, -0.25) is 10.1 Å². The second-order valence-electron chi connectivity index (χ2n) is 6.59. The van der Waals surface area contributed by atoms with Crippen LogP contribution in [0.15, 0.2) is 83.0 Å². The maximum atomic E-state index is 10.7. The van der Waals surface area contributed by atoms with Crippen LogP contribution in [0.25, 0.3) is 0 Å². The molecule has 0 amide bonds. The Labute approximate surface area is 180 Å². The highest BCUT2D eigenvalue weighted by molar-refractivity contribution is 5.53. The van der Waals surface area contributed by atoms with E-state index in [9.17, 15) is 10.1 Å². The number of likely N-dealkylation sites (N-methyl/N-ethyl adjacent to an activating group) is 1. The van der Waals surface area contributed by atoms with Gasteiger partial charge in [0, 0.05) is 24.4 Å². The molecule has 0 aliphatic rings. The van der Waals surface area contributed by atoms with E-state index in [-0.39, 0.29) is 5.69 Å². The van der Waals surface area contributed by atoms with Crippen molar-refractivity contribution in [2.24, 2.45) is 10.2 Å². The van der Waals surface area contributed by atoms with Crippen LogP contribution in [-0.4, -0.2) is 31.7 Å². The first-order chi connectivity index (χ1) is 15.1. The van der Waals surface area contributed by atoms with Gasteiger partial charge in [-0.2, -0.15) is 10.2 Å². The molecule has 0 saturated carbocycles. The molecule has 0 saturated heterocycles. The lowest BCUT2D eigenvalue weighted by Crippen LogP contribution is -2.27. The minimum atomic E-state index is -0.443. The molecule has 3 aromatic carbocycles. The molecule has 8 heteroatoms. The normalized spacial score (nSPS) is 10.8. The fourth-order valence-corrected chi connectivity index (χ4v) is 2.90. The molecule has 0 aliphatic heterocycles. The predicted octanol–water partition coefficient (Wildman–Crippen LogP) is 5.92. The van der Waals surface area contributed by atoms with Gasteiger partial charge in [0.05, 0.1) is 30.0 Å². The summed E-state index contributed by atoms with van der Waals surface area (Å²) in [6.45, 7) is 4.24.